The van der Waals surface area contributed by atoms with Crippen LogP contribution in [-0.2, 0) is 0 Å². The van der Waals surface area contributed by atoms with Crippen LogP contribution in [0.5, 0.6) is 5.75 Å². The van der Waals surface area contributed by atoms with Gasteiger partial charge in [-0.05, 0) is 18.2 Å². The predicted molar refractivity (Wildman–Crippen MR) is 95.9 cm³/mol. The number of nitro groups is 2. The van der Waals surface area contributed by atoms with Crippen molar-refractivity contribution >= 4 is 34.1 Å². The van der Waals surface area contributed by atoms with Crippen molar-refractivity contribution in [3.8, 4) is 11.8 Å². The molecule has 10 nitrogen and oxygen atoms in total. The molecule has 1 aromatic heterocycles. The molecule has 0 fully saturated rings. The molecule has 0 radical (unpaired) electrons. The molecule has 0 aliphatic carbocycles. The maximum absolute atomic E-state index is 11.2. The van der Waals surface area contributed by atoms with Crippen molar-refractivity contribution in [1.82, 2.24) is 9.97 Å². The molecule has 0 saturated carbocycles. The van der Waals surface area contributed by atoms with E-state index in [9.17, 15) is 25.5 Å². The van der Waals surface area contributed by atoms with E-state index in [0.717, 1.165) is 12.1 Å². The Kier molecular flexibility index (Phi) is 4.51. The molecule has 1 N–H and O–H groups in total. The first-order chi connectivity index (χ1) is 12.9. The van der Waals surface area contributed by atoms with Crippen molar-refractivity contribution in [3.63, 3.8) is 0 Å². The number of aromatic nitrogens is 2. The highest BCUT2D eigenvalue weighted by atomic mass is 16.6. The summed E-state index contributed by atoms with van der Waals surface area (Å²) in [6, 6.07) is 11.0. The number of benzene rings is 2. The highest BCUT2D eigenvalue weighted by molar-refractivity contribution is 5.92. The number of methoxy groups -OCH3 is 1. The maximum Gasteiger partial charge on any atom is 0.318 e. The zero-order chi connectivity index (χ0) is 19.6. The molecule has 10 heteroatoms. The van der Waals surface area contributed by atoms with Crippen LogP contribution in [0.1, 0.15) is 11.4 Å². The van der Waals surface area contributed by atoms with Gasteiger partial charge in [-0.25, -0.2) is 4.98 Å². The van der Waals surface area contributed by atoms with Crippen LogP contribution in [0, 0.1) is 31.6 Å². The van der Waals surface area contributed by atoms with Gasteiger partial charge in [0.25, 0.3) is 5.69 Å². The van der Waals surface area contributed by atoms with Crippen LogP contribution in [0.2, 0.25) is 0 Å². The molecule has 0 atom stereocenters. The smallest absolute Gasteiger partial charge is 0.318 e. The minimum atomic E-state index is -0.781. The lowest BCUT2D eigenvalue weighted by Gasteiger charge is -2.06. The number of H-pyrrole nitrogens is 1. The molecule has 134 valence electrons. The van der Waals surface area contributed by atoms with Crippen molar-refractivity contribution in [2.75, 3.05) is 7.11 Å². The summed E-state index contributed by atoms with van der Waals surface area (Å²) in [4.78, 5) is 28.1. The van der Waals surface area contributed by atoms with Crippen molar-refractivity contribution in [3.05, 3.63) is 68.0 Å². The molecular formula is C17H11N5O5. The van der Waals surface area contributed by atoms with Gasteiger partial charge in [0.15, 0.2) is 0 Å². The lowest BCUT2D eigenvalue weighted by atomic mass is 10.1. The average molecular weight is 365 g/mol. The molecule has 0 aliphatic heterocycles. The quantitative estimate of drug-likeness (QED) is 0.413. The predicted octanol–water partition coefficient (Wildman–Crippen LogP) is 3.45. The number of nitriles is 1. The zero-order valence-corrected chi connectivity index (χ0v) is 13.9. The van der Waals surface area contributed by atoms with Gasteiger partial charge in [-0.2, -0.15) is 5.26 Å². The number of nitrogens with zero attached hydrogens (tertiary/aromatic N) is 4. The van der Waals surface area contributed by atoms with E-state index in [0.29, 0.717) is 11.0 Å². The van der Waals surface area contributed by atoms with E-state index in [1.165, 1.54) is 13.2 Å². The van der Waals surface area contributed by atoms with Crippen LogP contribution >= 0.6 is 0 Å². The van der Waals surface area contributed by atoms with Crippen molar-refractivity contribution < 1.29 is 14.6 Å². The van der Waals surface area contributed by atoms with Crippen LogP contribution in [0.25, 0.3) is 22.7 Å². The van der Waals surface area contributed by atoms with E-state index in [2.05, 4.69) is 9.97 Å². The summed E-state index contributed by atoms with van der Waals surface area (Å²) in [7, 11) is 1.21. The second-order valence-corrected chi connectivity index (χ2v) is 5.37. The molecule has 0 unspecified atom stereocenters. The minimum Gasteiger partial charge on any atom is -0.490 e. The lowest BCUT2D eigenvalue weighted by Crippen LogP contribution is -1.99. The molecule has 3 aromatic rings. The number of hydrogen-bond acceptors (Lipinski definition) is 7. The van der Waals surface area contributed by atoms with Gasteiger partial charge in [0.2, 0.25) is 5.75 Å². The topological polar surface area (TPSA) is 148 Å². The Morgan fingerprint density at radius 2 is 2.00 bits per heavy atom. The monoisotopic (exact) mass is 365 g/mol. The van der Waals surface area contributed by atoms with Gasteiger partial charge in [-0.3, -0.25) is 20.2 Å². The molecule has 3 rings (SSSR count). The Hall–Kier alpha value is -4.26. The molecular weight excluding hydrogens is 354 g/mol. The molecule has 0 bridgehead atoms. The molecule has 27 heavy (non-hydrogen) atoms. The maximum atomic E-state index is 11.2. The number of imidazole rings is 1. The second kappa shape index (κ2) is 6.93. The number of para-hydroxylation sites is 2. The Bertz CT molecular complexity index is 1110. The normalized spacial score (nSPS) is 11.2. The highest BCUT2D eigenvalue weighted by Crippen LogP contribution is 2.37. The standard InChI is InChI=1S/C17H11N5O5/c1-27-16-10(7-12(21(23)24)8-15(16)22(25)26)6-11(9-18)17-19-13-4-2-3-5-14(13)20-17/h2-8H,1H3,(H,19,20)/b11-6+. The van der Waals surface area contributed by atoms with Crippen molar-refractivity contribution in [1.29, 1.82) is 5.26 Å². The number of allylic oxidation sites excluding steroid dienone is 1. The number of non-ortho nitro benzene ring substituents is 1. The first-order valence-electron chi connectivity index (χ1n) is 7.52. The summed E-state index contributed by atoms with van der Waals surface area (Å²) in [6.07, 6.45) is 1.26. The van der Waals surface area contributed by atoms with E-state index in [1.54, 1.807) is 24.3 Å². The SMILES string of the molecule is COc1c(/C=C(\C#N)c2nc3ccccc3[nH]2)cc([N+](=O)[O-])cc1[N+](=O)[O-]. The van der Waals surface area contributed by atoms with E-state index in [4.69, 9.17) is 4.74 Å². The third kappa shape index (κ3) is 3.29. The fraction of sp³-hybridized carbons (Fsp3) is 0.0588. The highest BCUT2D eigenvalue weighted by Gasteiger charge is 2.25. The largest absolute Gasteiger partial charge is 0.490 e. The molecule has 2 aromatic carbocycles. The fourth-order valence-corrected chi connectivity index (χ4v) is 2.58. The second-order valence-electron chi connectivity index (χ2n) is 5.37. The summed E-state index contributed by atoms with van der Waals surface area (Å²) < 4.78 is 5.06. The Balaban J connectivity index is 2.22. The summed E-state index contributed by atoms with van der Waals surface area (Å²) in [5.74, 6) is 0.0457. The Morgan fingerprint density at radius 3 is 2.59 bits per heavy atom. The first kappa shape index (κ1) is 17.6. The number of fused-ring (bicyclic) bond motifs is 1. The molecule has 0 spiro atoms. The van der Waals surface area contributed by atoms with Crippen LogP contribution in [0.3, 0.4) is 0 Å². The summed E-state index contributed by atoms with van der Waals surface area (Å²) in [5, 5.41) is 31.9. The summed E-state index contributed by atoms with van der Waals surface area (Å²) in [5.41, 5.74) is 0.335. The third-order valence-corrected chi connectivity index (χ3v) is 3.76. The van der Waals surface area contributed by atoms with Crippen LogP contribution in [0.15, 0.2) is 36.4 Å². The van der Waals surface area contributed by atoms with Crippen molar-refractivity contribution in [2.24, 2.45) is 0 Å². The summed E-state index contributed by atoms with van der Waals surface area (Å²) >= 11 is 0. The molecule has 1 heterocycles. The zero-order valence-electron chi connectivity index (χ0n) is 13.9. The lowest BCUT2D eigenvalue weighted by molar-refractivity contribution is -0.394. The number of rotatable bonds is 5. The van der Waals surface area contributed by atoms with Gasteiger partial charge in [0.1, 0.15) is 11.9 Å². The number of hydrogen-bond donors (Lipinski definition) is 1. The van der Waals surface area contributed by atoms with E-state index >= 15 is 0 Å². The molecule has 0 saturated heterocycles. The van der Waals surface area contributed by atoms with Gasteiger partial charge in [-0.1, -0.05) is 12.1 Å². The average Bonchev–Trinajstić information content (AvgIpc) is 3.08. The number of aromatic amines is 1. The molecule has 0 aliphatic rings. The van der Waals surface area contributed by atoms with Crippen LogP contribution < -0.4 is 4.74 Å². The van der Waals surface area contributed by atoms with Crippen molar-refractivity contribution in [2.45, 2.75) is 0 Å². The van der Waals surface area contributed by atoms with Gasteiger partial charge < -0.3 is 9.72 Å². The van der Waals surface area contributed by atoms with Crippen LogP contribution in [0.4, 0.5) is 11.4 Å². The number of ether oxygens (including phenoxy) is 1. The van der Waals surface area contributed by atoms with E-state index in [1.807, 2.05) is 6.07 Å². The molecule has 0 amide bonds. The summed E-state index contributed by atoms with van der Waals surface area (Å²) in [6.45, 7) is 0. The minimum absolute atomic E-state index is 0.0235. The van der Waals surface area contributed by atoms with E-state index in [-0.39, 0.29) is 22.7 Å². The Labute approximate surface area is 151 Å². The number of nitro benzene ring substituents is 2. The first-order valence-corrected chi connectivity index (χ1v) is 7.52. The van der Waals surface area contributed by atoms with Crippen LogP contribution in [-0.4, -0.2) is 26.9 Å². The van der Waals surface area contributed by atoms with Gasteiger partial charge in [0, 0.05) is 11.6 Å². The third-order valence-electron chi connectivity index (χ3n) is 3.76. The van der Waals surface area contributed by atoms with Gasteiger partial charge in [-0.15, -0.1) is 0 Å². The van der Waals surface area contributed by atoms with E-state index < -0.39 is 21.2 Å². The van der Waals surface area contributed by atoms with Gasteiger partial charge in [0.05, 0.1) is 39.6 Å². The van der Waals surface area contributed by atoms with Gasteiger partial charge >= 0.3 is 5.69 Å². The number of nitrogens with one attached hydrogen (secondary N) is 1. The fourth-order valence-electron chi connectivity index (χ4n) is 2.58. The Morgan fingerprint density at radius 1 is 1.26 bits per heavy atom.